The molecule has 2 N–H and O–H groups in total. The van der Waals surface area contributed by atoms with Crippen LogP contribution in [-0.2, 0) is 33.6 Å². The van der Waals surface area contributed by atoms with Gasteiger partial charge in [-0.15, -0.1) is 0 Å². The van der Waals surface area contributed by atoms with Gasteiger partial charge in [-0.3, -0.25) is 14.5 Å². The fraction of sp³-hybridized carbons (Fsp3) is 0.481. The maximum atomic E-state index is 14.3. The maximum absolute atomic E-state index is 14.3. The number of carbonyl (C=O) groups excluding carboxylic acids is 2. The van der Waals surface area contributed by atoms with E-state index in [1.807, 2.05) is 25.1 Å². The number of likely N-dealkylation sites (N-methyl/N-ethyl adjacent to an activating group) is 1. The number of benzene rings is 1. The van der Waals surface area contributed by atoms with E-state index in [9.17, 15) is 18.4 Å². The van der Waals surface area contributed by atoms with Crippen molar-refractivity contribution in [1.29, 1.82) is 0 Å². The Kier molecular flexibility index (Phi) is 6.81. The Labute approximate surface area is 219 Å². The number of nitrogens with zero attached hydrogens (tertiary/aromatic N) is 4. The SMILES string of the molecule is COC(=O)Cc1cccc(NC(=O)C2(N(C)C)CCN(c3ncnc4[nH]c5c(c34)CC(F)(F)CC5)CC2)c1. The number of alkyl halides is 2. The number of fused-ring (bicyclic) bond motifs is 3. The molecule has 9 nitrogen and oxygen atoms in total. The van der Waals surface area contributed by atoms with Crippen molar-refractivity contribution in [3.63, 3.8) is 0 Å². The highest BCUT2D eigenvalue weighted by molar-refractivity contribution is 5.99. The van der Waals surface area contributed by atoms with E-state index in [-0.39, 0.29) is 37.6 Å². The molecule has 38 heavy (non-hydrogen) atoms. The third-order valence-electron chi connectivity index (χ3n) is 7.87. The largest absolute Gasteiger partial charge is 0.469 e. The van der Waals surface area contributed by atoms with Crippen LogP contribution < -0.4 is 10.2 Å². The first-order valence-electron chi connectivity index (χ1n) is 12.7. The number of aromatic amines is 1. The number of nitrogens with one attached hydrogen (secondary N) is 2. The third kappa shape index (κ3) is 4.82. The highest BCUT2D eigenvalue weighted by Crippen LogP contribution is 2.40. The van der Waals surface area contributed by atoms with Crippen LogP contribution in [0.3, 0.4) is 0 Å². The van der Waals surface area contributed by atoms with Gasteiger partial charge in [-0.05, 0) is 56.6 Å². The molecule has 202 valence electrons. The molecule has 0 radical (unpaired) electrons. The van der Waals surface area contributed by atoms with Crippen molar-refractivity contribution in [3.05, 3.63) is 47.4 Å². The number of anilines is 2. The zero-order valence-corrected chi connectivity index (χ0v) is 21.8. The van der Waals surface area contributed by atoms with Gasteiger partial charge in [-0.1, -0.05) is 12.1 Å². The van der Waals surface area contributed by atoms with Crippen LogP contribution in [0.15, 0.2) is 30.6 Å². The van der Waals surface area contributed by atoms with Crippen LogP contribution in [0.5, 0.6) is 0 Å². The van der Waals surface area contributed by atoms with Crippen LogP contribution in [-0.4, -0.2) is 77.5 Å². The summed E-state index contributed by atoms with van der Waals surface area (Å²) in [7, 11) is 5.11. The second-order valence-electron chi connectivity index (χ2n) is 10.4. The molecule has 0 unspecified atom stereocenters. The number of esters is 1. The Balaban J connectivity index is 1.36. The van der Waals surface area contributed by atoms with Crippen LogP contribution in [0.1, 0.15) is 36.1 Å². The lowest BCUT2D eigenvalue weighted by Gasteiger charge is -2.45. The molecule has 1 aliphatic heterocycles. The highest BCUT2D eigenvalue weighted by Gasteiger charge is 2.44. The van der Waals surface area contributed by atoms with Crippen molar-refractivity contribution >= 4 is 34.4 Å². The lowest BCUT2D eigenvalue weighted by molar-refractivity contribution is -0.139. The minimum Gasteiger partial charge on any atom is -0.469 e. The molecule has 2 aliphatic rings. The second-order valence-corrected chi connectivity index (χ2v) is 10.4. The average molecular weight is 527 g/mol. The van der Waals surface area contributed by atoms with Crippen LogP contribution in [0, 0.1) is 0 Å². The van der Waals surface area contributed by atoms with Gasteiger partial charge in [0.1, 0.15) is 23.3 Å². The van der Waals surface area contributed by atoms with E-state index in [4.69, 9.17) is 4.74 Å². The number of amides is 1. The number of hydrogen-bond donors (Lipinski definition) is 2. The first-order chi connectivity index (χ1) is 18.1. The standard InChI is InChI=1S/C27H32F2N6O3/c1-34(2)26(25(37)32-18-6-4-5-17(13-18)14-21(36)38-3)9-11-35(12-10-26)24-22-19-15-27(28,29)8-7-20(19)33-23(22)30-16-31-24/h4-6,13,16H,7-12,14-15H2,1-3H3,(H,32,37)(H,30,31,33). The summed E-state index contributed by atoms with van der Waals surface area (Å²) < 4.78 is 33.3. The summed E-state index contributed by atoms with van der Waals surface area (Å²) in [6.45, 7) is 1.05. The van der Waals surface area contributed by atoms with Crippen LogP contribution >= 0.6 is 0 Å². The van der Waals surface area contributed by atoms with Crippen molar-refractivity contribution in [2.24, 2.45) is 0 Å². The Bertz CT molecular complexity index is 1360. The summed E-state index contributed by atoms with van der Waals surface area (Å²) in [4.78, 5) is 41.3. The molecule has 11 heteroatoms. The predicted octanol–water partition coefficient (Wildman–Crippen LogP) is 3.34. The van der Waals surface area contributed by atoms with E-state index in [0.717, 1.165) is 11.3 Å². The molecule has 5 rings (SSSR count). The number of aromatic nitrogens is 3. The fourth-order valence-corrected chi connectivity index (χ4v) is 5.63. The van der Waals surface area contributed by atoms with Gasteiger partial charge in [0.25, 0.3) is 5.92 Å². The first kappa shape index (κ1) is 26.0. The Morgan fingerprint density at radius 3 is 2.66 bits per heavy atom. The minimum atomic E-state index is -2.75. The maximum Gasteiger partial charge on any atom is 0.309 e. The van der Waals surface area contributed by atoms with Crippen molar-refractivity contribution in [2.75, 3.05) is 44.5 Å². The smallest absolute Gasteiger partial charge is 0.309 e. The molecule has 0 saturated carbocycles. The number of piperidine rings is 1. The monoisotopic (exact) mass is 526 g/mol. The van der Waals surface area contributed by atoms with E-state index < -0.39 is 11.5 Å². The lowest BCUT2D eigenvalue weighted by atomic mass is 9.84. The van der Waals surface area contributed by atoms with Gasteiger partial charge in [0.05, 0.1) is 18.9 Å². The molecule has 1 aliphatic carbocycles. The molecule has 1 aromatic carbocycles. The summed E-state index contributed by atoms with van der Waals surface area (Å²) >= 11 is 0. The molecule has 1 saturated heterocycles. The molecule has 3 aromatic rings. The van der Waals surface area contributed by atoms with Crippen molar-refractivity contribution in [1.82, 2.24) is 19.9 Å². The van der Waals surface area contributed by atoms with E-state index in [2.05, 4.69) is 25.2 Å². The van der Waals surface area contributed by atoms with E-state index in [1.165, 1.54) is 13.4 Å². The predicted molar refractivity (Wildman–Crippen MR) is 140 cm³/mol. The van der Waals surface area contributed by atoms with E-state index in [0.29, 0.717) is 54.0 Å². The summed E-state index contributed by atoms with van der Waals surface area (Å²) in [5.41, 5.74) is 2.56. The normalized spacial score (nSPS) is 18.3. The zero-order chi connectivity index (χ0) is 27.1. The molecule has 3 heterocycles. The fourth-order valence-electron chi connectivity index (χ4n) is 5.63. The van der Waals surface area contributed by atoms with Gasteiger partial charge in [0.2, 0.25) is 5.91 Å². The topological polar surface area (TPSA) is 103 Å². The van der Waals surface area contributed by atoms with Gasteiger partial charge in [-0.25, -0.2) is 18.7 Å². The number of H-pyrrole nitrogens is 1. The zero-order valence-electron chi connectivity index (χ0n) is 21.8. The summed E-state index contributed by atoms with van der Waals surface area (Å²) in [5.74, 6) is -2.60. The summed E-state index contributed by atoms with van der Waals surface area (Å²) in [6.07, 6.45) is 2.39. The third-order valence-corrected chi connectivity index (χ3v) is 7.87. The number of ether oxygens (including phenoxy) is 1. The van der Waals surface area contributed by atoms with Gasteiger partial charge in [-0.2, -0.15) is 0 Å². The molecular formula is C27H32F2N6O3. The van der Waals surface area contributed by atoms with Gasteiger partial charge in [0, 0.05) is 37.3 Å². The van der Waals surface area contributed by atoms with Crippen LogP contribution in [0.4, 0.5) is 20.3 Å². The van der Waals surface area contributed by atoms with E-state index >= 15 is 0 Å². The number of halogens is 2. The molecule has 1 amide bonds. The van der Waals surface area contributed by atoms with Gasteiger partial charge in [0.15, 0.2) is 0 Å². The molecule has 1 fully saturated rings. The highest BCUT2D eigenvalue weighted by atomic mass is 19.3. The quantitative estimate of drug-likeness (QED) is 0.475. The minimum absolute atomic E-state index is 0.121. The second kappa shape index (κ2) is 9.94. The van der Waals surface area contributed by atoms with Gasteiger partial charge < -0.3 is 19.9 Å². The first-order valence-corrected chi connectivity index (χ1v) is 12.7. The average Bonchev–Trinajstić information content (AvgIpc) is 3.25. The van der Waals surface area contributed by atoms with Crippen molar-refractivity contribution in [3.8, 4) is 0 Å². The molecular weight excluding hydrogens is 494 g/mol. The van der Waals surface area contributed by atoms with Crippen LogP contribution in [0.25, 0.3) is 11.0 Å². The Morgan fingerprint density at radius 1 is 1.18 bits per heavy atom. The van der Waals surface area contributed by atoms with Crippen molar-refractivity contribution < 1.29 is 23.1 Å². The molecule has 2 aromatic heterocycles. The number of aryl methyl sites for hydroxylation is 1. The molecule has 0 spiro atoms. The molecule has 0 bridgehead atoms. The van der Waals surface area contributed by atoms with Crippen LogP contribution in [0.2, 0.25) is 0 Å². The molecule has 0 atom stereocenters. The van der Waals surface area contributed by atoms with Gasteiger partial charge >= 0.3 is 5.97 Å². The summed E-state index contributed by atoms with van der Waals surface area (Å²) in [6, 6.07) is 7.17. The number of rotatable bonds is 6. The Morgan fingerprint density at radius 2 is 1.95 bits per heavy atom. The van der Waals surface area contributed by atoms with E-state index in [1.54, 1.807) is 18.2 Å². The Hall–Kier alpha value is -3.60. The number of methoxy groups -OCH3 is 1. The van der Waals surface area contributed by atoms with Crippen molar-refractivity contribution in [2.45, 2.75) is 50.0 Å². The number of carbonyl (C=O) groups is 2. The summed E-state index contributed by atoms with van der Waals surface area (Å²) in [5, 5.41) is 3.69. The number of hydrogen-bond acceptors (Lipinski definition) is 7. The lowest BCUT2D eigenvalue weighted by Crippen LogP contribution is -2.59.